The number of hydrogen-bond donors (Lipinski definition) is 4. The van der Waals surface area contributed by atoms with Crippen LogP contribution in [0.3, 0.4) is 0 Å². The minimum Gasteiger partial charge on any atom is -0.508 e. The fourth-order valence-electron chi connectivity index (χ4n) is 2.76. The highest BCUT2D eigenvalue weighted by molar-refractivity contribution is 5.97. The normalized spacial score (nSPS) is 26.5. The van der Waals surface area contributed by atoms with Gasteiger partial charge in [0.25, 0.3) is 0 Å². The zero-order valence-corrected chi connectivity index (χ0v) is 14.2. The standard InChI is InChI=1S/C18H24O6.H2O/c1-11-5-4-8-15(21)14(20)7-3-2-6-12-9-13(19)10-16(22)17(12)18(23)24-11;/h2,6,9-11,14-15,19-22H,3-5,7-8H2,1H3;1H2/b6-2+;/t11-,14+,15-;/m0./s1. The van der Waals surface area contributed by atoms with E-state index in [0.29, 0.717) is 37.7 Å². The number of aliphatic hydroxyl groups is 2. The summed E-state index contributed by atoms with van der Waals surface area (Å²) in [6.07, 6.45) is 3.75. The molecule has 1 aromatic carbocycles. The van der Waals surface area contributed by atoms with Gasteiger partial charge < -0.3 is 30.6 Å². The number of cyclic esters (lactones) is 1. The van der Waals surface area contributed by atoms with E-state index in [0.717, 1.165) is 6.07 Å². The summed E-state index contributed by atoms with van der Waals surface area (Å²) >= 11 is 0. The van der Waals surface area contributed by atoms with Gasteiger partial charge in [0.1, 0.15) is 17.1 Å². The highest BCUT2D eigenvalue weighted by Crippen LogP contribution is 2.30. The molecule has 0 spiro atoms. The molecule has 0 bridgehead atoms. The van der Waals surface area contributed by atoms with Gasteiger partial charge in [0, 0.05) is 6.07 Å². The van der Waals surface area contributed by atoms with Crippen molar-refractivity contribution < 1.29 is 35.4 Å². The second kappa shape index (κ2) is 9.41. The average Bonchev–Trinajstić information content (AvgIpc) is 2.49. The quantitative estimate of drug-likeness (QED) is 0.521. The Kier molecular flexibility index (Phi) is 7.89. The smallest absolute Gasteiger partial charge is 0.342 e. The highest BCUT2D eigenvalue weighted by atomic mass is 16.5. The summed E-state index contributed by atoms with van der Waals surface area (Å²) in [5.74, 6) is -1.15. The van der Waals surface area contributed by atoms with Crippen LogP contribution in [0.25, 0.3) is 6.08 Å². The Bertz CT molecular complexity index is 612. The summed E-state index contributed by atoms with van der Waals surface area (Å²) in [5.41, 5.74) is 0.352. The van der Waals surface area contributed by atoms with Gasteiger partial charge in [0.15, 0.2) is 0 Å². The maximum Gasteiger partial charge on any atom is 0.342 e. The third-order valence-corrected chi connectivity index (χ3v) is 4.13. The van der Waals surface area contributed by atoms with Crippen LogP contribution in [-0.2, 0) is 4.74 Å². The Morgan fingerprint density at radius 1 is 1.08 bits per heavy atom. The number of fused-ring (bicyclic) bond motifs is 1. The van der Waals surface area contributed by atoms with Crippen LogP contribution in [0.15, 0.2) is 18.2 Å². The van der Waals surface area contributed by atoms with E-state index in [9.17, 15) is 25.2 Å². The average molecular weight is 354 g/mol. The molecular formula is C18H26O7. The van der Waals surface area contributed by atoms with Crippen molar-refractivity contribution in [3.05, 3.63) is 29.3 Å². The molecular weight excluding hydrogens is 328 g/mol. The van der Waals surface area contributed by atoms with E-state index in [1.807, 2.05) is 0 Å². The van der Waals surface area contributed by atoms with Gasteiger partial charge in [-0.05, 0) is 50.7 Å². The molecule has 0 fully saturated rings. The minimum absolute atomic E-state index is 0. The number of phenolic OH excluding ortho intramolecular Hbond substituents is 2. The zero-order chi connectivity index (χ0) is 17.7. The van der Waals surface area contributed by atoms with Crippen LogP contribution in [0.4, 0.5) is 0 Å². The van der Waals surface area contributed by atoms with Crippen molar-refractivity contribution in [1.82, 2.24) is 0 Å². The van der Waals surface area contributed by atoms with Crippen LogP contribution in [0.1, 0.15) is 54.9 Å². The van der Waals surface area contributed by atoms with E-state index in [2.05, 4.69) is 0 Å². The molecule has 0 saturated heterocycles. The monoisotopic (exact) mass is 354 g/mol. The van der Waals surface area contributed by atoms with Crippen LogP contribution >= 0.6 is 0 Å². The number of rotatable bonds is 0. The van der Waals surface area contributed by atoms with Gasteiger partial charge in [-0.2, -0.15) is 0 Å². The maximum atomic E-state index is 12.3. The molecule has 0 amide bonds. The number of esters is 1. The Morgan fingerprint density at radius 2 is 1.76 bits per heavy atom. The molecule has 6 N–H and O–H groups in total. The van der Waals surface area contributed by atoms with Gasteiger partial charge in [0.2, 0.25) is 0 Å². The fraction of sp³-hybridized carbons (Fsp3) is 0.500. The number of carbonyl (C=O) groups is 1. The van der Waals surface area contributed by atoms with E-state index >= 15 is 0 Å². The van der Waals surface area contributed by atoms with E-state index in [4.69, 9.17) is 4.74 Å². The summed E-state index contributed by atoms with van der Waals surface area (Å²) in [6, 6.07) is 2.47. The molecule has 0 saturated carbocycles. The lowest BCUT2D eigenvalue weighted by molar-refractivity contribution is 0.00511. The lowest BCUT2D eigenvalue weighted by Gasteiger charge is -2.19. The first-order chi connectivity index (χ1) is 11.4. The molecule has 0 radical (unpaired) electrons. The van der Waals surface area contributed by atoms with Crippen molar-refractivity contribution in [2.75, 3.05) is 0 Å². The SMILES string of the molecule is C[C@H]1CCC[C@H](O)[C@H](O)CC/C=C/c2cc(O)cc(O)c2C(=O)O1.O. The zero-order valence-electron chi connectivity index (χ0n) is 14.2. The number of phenols is 2. The van der Waals surface area contributed by atoms with Gasteiger partial charge in [0.05, 0.1) is 18.3 Å². The van der Waals surface area contributed by atoms with Crippen molar-refractivity contribution >= 4 is 12.0 Å². The topological polar surface area (TPSA) is 139 Å². The fourth-order valence-corrected chi connectivity index (χ4v) is 2.76. The van der Waals surface area contributed by atoms with Crippen molar-refractivity contribution in [2.45, 2.75) is 57.3 Å². The first kappa shape index (κ1) is 21.0. The summed E-state index contributed by atoms with van der Waals surface area (Å²) in [5, 5.41) is 39.5. The molecule has 7 nitrogen and oxygen atoms in total. The highest BCUT2D eigenvalue weighted by Gasteiger charge is 2.22. The van der Waals surface area contributed by atoms with Crippen LogP contribution in [0.2, 0.25) is 0 Å². The van der Waals surface area contributed by atoms with Crippen molar-refractivity contribution in [1.29, 1.82) is 0 Å². The first-order valence-corrected chi connectivity index (χ1v) is 8.18. The number of carbonyl (C=O) groups excluding carboxylic acids is 1. The molecule has 25 heavy (non-hydrogen) atoms. The molecule has 2 rings (SSSR count). The lowest BCUT2D eigenvalue weighted by atomic mass is 10.00. The second-order valence-corrected chi connectivity index (χ2v) is 6.19. The summed E-state index contributed by atoms with van der Waals surface area (Å²) < 4.78 is 5.35. The number of hydrogen-bond acceptors (Lipinski definition) is 6. The molecule has 1 aromatic rings. The predicted octanol–water partition coefficient (Wildman–Crippen LogP) is 1.52. The van der Waals surface area contributed by atoms with Gasteiger partial charge >= 0.3 is 5.97 Å². The van der Waals surface area contributed by atoms with Crippen molar-refractivity contribution in [3.63, 3.8) is 0 Å². The largest absolute Gasteiger partial charge is 0.508 e. The summed E-state index contributed by atoms with van der Waals surface area (Å²) in [4.78, 5) is 12.3. The predicted molar refractivity (Wildman–Crippen MR) is 92.4 cm³/mol. The number of ether oxygens (including phenoxy) is 1. The Labute approximate surface area is 146 Å². The first-order valence-electron chi connectivity index (χ1n) is 8.18. The Morgan fingerprint density at radius 3 is 2.48 bits per heavy atom. The number of benzene rings is 1. The molecule has 0 unspecified atom stereocenters. The lowest BCUT2D eigenvalue weighted by Crippen LogP contribution is -2.26. The third-order valence-electron chi connectivity index (χ3n) is 4.13. The van der Waals surface area contributed by atoms with Gasteiger partial charge in [-0.25, -0.2) is 4.79 Å². The van der Waals surface area contributed by atoms with E-state index in [1.54, 1.807) is 19.1 Å². The van der Waals surface area contributed by atoms with E-state index in [1.165, 1.54) is 6.07 Å². The Hall–Kier alpha value is -2.09. The second-order valence-electron chi connectivity index (χ2n) is 6.19. The number of aliphatic hydroxyl groups excluding tert-OH is 2. The number of aromatic hydroxyl groups is 2. The van der Waals surface area contributed by atoms with E-state index < -0.39 is 24.3 Å². The summed E-state index contributed by atoms with van der Waals surface area (Å²) in [7, 11) is 0. The molecule has 7 heteroatoms. The minimum atomic E-state index is -0.813. The molecule has 0 aromatic heterocycles. The summed E-state index contributed by atoms with van der Waals surface area (Å²) in [6.45, 7) is 1.74. The van der Waals surface area contributed by atoms with Gasteiger partial charge in [-0.3, -0.25) is 0 Å². The molecule has 1 aliphatic rings. The molecule has 1 aliphatic heterocycles. The molecule has 1 heterocycles. The van der Waals surface area contributed by atoms with Crippen LogP contribution in [0.5, 0.6) is 11.5 Å². The van der Waals surface area contributed by atoms with Crippen LogP contribution < -0.4 is 0 Å². The Balaban J connectivity index is 0.00000312. The number of allylic oxidation sites excluding steroid dienone is 1. The van der Waals surface area contributed by atoms with Crippen molar-refractivity contribution in [2.24, 2.45) is 0 Å². The van der Waals surface area contributed by atoms with E-state index in [-0.39, 0.29) is 22.5 Å². The third kappa shape index (κ3) is 5.74. The molecule has 3 atom stereocenters. The van der Waals surface area contributed by atoms with Gasteiger partial charge in [-0.15, -0.1) is 0 Å². The molecule has 0 aliphatic carbocycles. The molecule has 140 valence electrons. The van der Waals surface area contributed by atoms with Crippen LogP contribution in [0, 0.1) is 0 Å². The van der Waals surface area contributed by atoms with Crippen molar-refractivity contribution in [3.8, 4) is 11.5 Å². The maximum absolute atomic E-state index is 12.3. The van der Waals surface area contributed by atoms with Gasteiger partial charge in [-0.1, -0.05) is 12.2 Å². The van der Waals surface area contributed by atoms with Crippen LogP contribution in [-0.4, -0.2) is 50.2 Å².